The van der Waals surface area contributed by atoms with E-state index in [0.717, 1.165) is 51.6 Å². The Morgan fingerprint density at radius 1 is 1.18 bits per heavy atom. The van der Waals surface area contributed by atoms with Gasteiger partial charge in [-0.15, -0.1) is 0 Å². The fourth-order valence-corrected chi connectivity index (χ4v) is 2.42. The minimum atomic E-state index is -0.705. The normalized spacial score (nSPS) is 24.8. The molecular formula is C13H25NO3. The molecule has 0 aromatic rings. The van der Waals surface area contributed by atoms with E-state index in [2.05, 4.69) is 5.32 Å². The summed E-state index contributed by atoms with van der Waals surface area (Å²) in [5.74, 6) is -0.286. The molecule has 1 aliphatic carbocycles. The molecule has 0 heterocycles. The van der Waals surface area contributed by atoms with Crippen LogP contribution < -0.4 is 5.32 Å². The Kier molecular flexibility index (Phi) is 7.21. The van der Waals surface area contributed by atoms with Gasteiger partial charge in [-0.05, 0) is 38.1 Å². The third-order valence-corrected chi connectivity index (χ3v) is 3.52. The van der Waals surface area contributed by atoms with Gasteiger partial charge in [0.1, 0.15) is 0 Å². The van der Waals surface area contributed by atoms with Crippen LogP contribution in [0.15, 0.2) is 0 Å². The number of unbranched alkanes of at least 4 members (excludes halogenated alkanes) is 2. The molecule has 2 unspecified atom stereocenters. The summed E-state index contributed by atoms with van der Waals surface area (Å²) in [5.41, 5.74) is 0. The Morgan fingerprint density at radius 2 is 1.94 bits per heavy atom. The minimum absolute atomic E-state index is 0.122. The quantitative estimate of drug-likeness (QED) is 0.568. The monoisotopic (exact) mass is 243 g/mol. The lowest BCUT2D eigenvalue weighted by Crippen LogP contribution is -2.34. The van der Waals surface area contributed by atoms with E-state index in [1.54, 1.807) is 0 Å². The molecule has 100 valence electrons. The van der Waals surface area contributed by atoms with E-state index < -0.39 is 5.97 Å². The summed E-state index contributed by atoms with van der Waals surface area (Å²) in [7, 11) is 0. The Bertz CT molecular complexity index is 221. The van der Waals surface area contributed by atoms with E-state index >= 15 is 0 Å². The van der Waals surface area contributed by atoms with Gasteiger partial charge in [0.25, 0.3) is 0 Å². The van der Waals surface area contributed by atoms with Crippen LogP contribution in [0.3, 0.4) is 0 Å². The smallest absolute Gasteiger partial charge is 0.303 e. The zero-order valence-corrected chi connectivity index (χ0v) is 10.5. The number of aliphatic hydroxyl groups excluding tert-OH is 1. The van der Waals surface area contributed by atoms with Gasteiger partial charge in [-0.2, -0.15) is 0 Å². The van der Waals surface area contributed by atoms with E-state index in [1.165, 1.54) is 6.42 Å². The number of carbonyl (C=O) groups is 1. The van der Waals surface area contributed by atoms with Gasteiger partial charge in [0, 0.05) is 13.0 Å². The van der Waals surface area contributed by atoms with Crippen molar-refractivity contribution in [3.63, 3.8) is 0 Å². The van der Waals surface area contributed by atoms with E-state index in [0.29, 0.717) is 5.92 Å². The summed E-state index contributed by atoms with van der Waals surface area (Å²) in [6, 6.07) is 0. The van der Waals surface area contributed by atoms with Crippen molar-refractivity contribution in [3.05, 3.63) is 0 Å². The lowest BCUT2D eigenvalue weighted by molar-refractivity contribution is -0.137. The van der Waals surface area contributed by atoms with Crippen molar-refractivity contribution in [2.45, 2.75) is 57.5 Å². The number of hydrogen-bond acceptors (Lipinski definition) is 3. The Morgan fingerprint density at radius 3 is 2.65 bits per heavy atom. The molecule has 0 aromatic heterocycles. The van der Waals surface area contributed by atoms with Gasteiger partial charge in [-0.3, -0.25) is 4.79 Å². The second kappa shape index (κ2) is 8.48. The third kappa shape index (κ3) is 6.64. The van der Waals surface area contributed by atoms with Gasteiger partial charge >= 0.3 is 5.97 Å². The van der Waals surface area contributed by atoms with Crippen molar-refractivity contribution in [1.29, 1.82) is 0 Å². The van der Waals surface area contributed by atoms with Crippen molar-refractivity contribution >= 4 is 5.97 Å². The fraction of sp³-hybridized carbons (Fsp3) is 0.923. The first-order valence-electron chi connectivity index (χ1n) is 6.80. The number of aliphatic carboxylic acids is 1. The molecule has 0 aromatic carbocycles. The molecule has 17 heavy (non-hydrogen) atoms. The lowest BCUT2D eigenvalue weighted by atomic mass is 9.86. The Balaban J connectivity index is 1.91. The topological polar surface area (TPSA) is 69.6 Å². The van der Waals surface area contributed by atoms with Crippen LogP contribution in [0.2, 0.25) is 0 Å². The zero-order chi connectivity index (χ0) is 12.5. The summed E-state index contributed by atoms with van der Waals surface area (Å²) in [6.45, 7) is 1.84. The number of carboxylic acid groups (broad SMARTS) is 1. The molecule has 0 radical (unpaired) electrons. The summed E-state index contributed by atoms with van der Waals surface area (Å²) < 4.78 is 0. The van der Waals surface area contributed by atoms with Gasteiger partial charge in [-0.25, -0.2) is 0 Å². The molecule has 1 saturated carbocycles. The summed E-state index contributed by atoms with van der Waals surface area (Å²) in [5, 5.41) is 21.6. The van der Waals surface area contributed by atoms with Crippen LogP contribution >= 0.6 is 0 Å². The predicted octanol–water partition coefficient (Wildman–Crippen LogP) is 1.77. The van der Waals surface area contributed by atoms with Gasteiger partial charge in [0.05, 0.1) is 6.10 Å². The summed E-state index contributed by atoms with van der Waals surface area (Å²) in [4.78, 5) is 10.3. The second-order valence-corrected chi connectivity index (χ2v) is 5.02. The highest BCUT2D eigenvalue weighted by Gasteiger charge is 2.21. The van der Waals surface area contributed by atoms with Crippen LogP contribution in [0.1, 0.15) is 51.4 Å². The first kappa shape index (κ1) is 14.5. The SMILES string of the molecule is O=C(O)CCCCCNCC1CCCCC1O. The van der Waals surface area contributed by atoms with E-state index in [-0.39, 0.29) is 12.5 Å². The van der Waals surface area contributed by atoms with Crippen molar-refractivity contribution in [1.82, 2.24) is 5.32 Å². The van der Waals surface area contributed by atoms with Crippen LogP contribution in [0.25, 0.3) is 0 Å². The van der Waals surface area contributed by atoms with E-state index in [1.807, 2.05) is 0 Å². The summed E-state index contributed by atoms with van der Waals surface area (Å²) in [6.07, 6.45) is 7.39. The number of nitrogens with one attached hydrogen (secondary N) is 1. The van der Waals surface area contributed by atoms with Gasteiger partial charge < -0.3 is 15.5 Å². The molecule has 4 nitrogen and oxygen atoms in total. The lowest BCUT2D eigenvalue weighted by Gasteiger charge is -2.27. The van der Waals surface area contributed by atoms with Gasteiger partial charge in [0.2, 0.25) is 0 Å². The molecule has 1 aliphatic rings. The molecule has 0 aliphatic heterocycles. The number of aliphatic hydroxyl groups is 1. The van der Waals surface area contributed by atoms with Crippen LogP contribution in [0, 0.1) is 5.92 Å². The predicted molar refractivity (Wildman–Crippen MR) is 66.9 cm³/mol. The van der Waals surface area contributed by atoms with Gasteiger partial charge in [0.15, 0.2) is 0 Å². The molecule has 0 saturated heterocycles. The largest absolute Gasteiger partial charge is 0.481 e. The van der Waals surface area contributed by atoms with E-state index in [9.17, 15) is 9.90 Å². The first-order chi connectivity index (χ1) is 8.20. The molecular weight excluding hydrogens is 218 g/mol. The Hall–Kier alpha value is -0.610. The molecule has 2 atom stereocenters. The molecule has 1 rings (SSSR count). The number of carboxylic acids is 1. The number of hydrogen-bond donors (Lipinski definition) is 3. The van der Waals surface area contributed by atoms with Crippen molar-refractivity contribution < 1.29 is 15.0 Å². The standard InChI is InChI=1S/C13H25NO3/c15-12-7-4-3-6-11(12)10-14-9-5-1-2-8-13(16)17/h11-12,14-15H,1-10H2,(H,16,17). The van der Waals surface area contributed by atoms with Crippen LogP contribution in [0.4, 0.5) is 0 Å². The highest BCUT2D eigenvalue weighted by Crippen LogP contribution is 2.23. The van der Waals surface area contributed by atoms with Crippen LogP contribution in [0.5, 0.6) is 0 Å². The number of rotatable bonds is 8. The first-order valence-corrected chi connectivity index (χ1v) is 6.80. The fourth-order valence-electron chi connectivity index (χ4n) is 2.42. The molecule has 0 bridgehead atoms. The highest BCUT2D eigenvalue weighted by atomic mass is 16.4. The van der Waals surface area contributed by atoms with Crippen LogP contribution in [-0.4, -0.2) is 35.4 Å². The molecule has 4 heteroatoms. The minimum Gasteiger partial charge on any atom is -0.481 e. The molecule has 0 amide bonds. The zero-order valence-electron chi connectivity index (χ0n) is 10.5. The average Bonchev–Trinajstić information content (AvgIpc) is 2.30. The third-order valence-electron chi connectivity index (χ3n) is 3.52. The maximum absolute atomic E-state index is 10.3. The highest BCUT2D eigenvalue weighted by molar-refractivity contribution is 5.66. The van der Waals surface area contributed by atoms with Crippen molar-refractivity contribution in [2.24, 2.45) is 5.92 Å². The van der Waals surface area contributed by atoms with E-state index in [4.69, 9.17) is 5.11 Å². The van der Waals surface area contributed by atoms with Crippen molar-refractivity contribution in [3.8, 4) is 0 Å². The van der Waals surface area contributed by atoms with Crippen molar-refractivity contribution in [2.75, 3.05) is 13.1 Å². The molecule has 1 fully saturated rings. The maximum atomic E-state index is 10.3. The Labute approximate surface area is 103 Å². The second-order valence-electron chi connectivity index (χ2n) is 5.02. The molecule has 0 spiro atoms. The maximum Gasteiger partial charge on any atom is 0.303 e. The molecule has 3 N–H and O–H groups in total. The summed E-state index contributed by atoms with van der Waals surface area (Å²) >= 11 is 0. The average molecular weight is 243 g/mol. The van der Waals surface area contributed by atoms with Crippen LogP contribution in [-0.2, 0) is 4.79 Å². The van der Waals surface area contributed by atoms with Gasteiger partial charge in [-0.1, -0.05) is 19.3 Å².